The van der Waals surface area contributed by atoms with Gasteiger partial charge in [0.1, 0.15) is 23.1 Å². The van der Waals surface area contributed by atoms with Crippen molar-refractivity contribution in [2.45, 2.75) is 12.8 Å². The van der Waals surface area contributed by atoms with Crippen LogP contribution in [0.15, 0.2) is 59.1 Å². The zero-order chi connectivity index (χ0) is 21.1. The van der Waals surface area contributed by atoms with Crippen LogP contribution >= 0.6 is 15.9 Å². The second-order valence-electron chi connectivity index (χ2n) is 6.84. The number of hydrogen-bond donors (Lipinski definition) is 3. The standard InChI is InChI=1S/C22H19BrN6O/c23-15-8-9-18-14(11-15)12-20(27-18)22(30)26-10-4-7-19-17(13-24)21(25)29(28-19)16-5-2-1-3-6-16/h1-3,5-6,8-9,11-12,27H,4,7,10,25H2,(H,26,30). The summed E-state index contributed by atoms with van der Waals surface area (Å²) in [7, 11) is 0. The van der Waals surface area contributed by atoms with Crippen LogP contribution in [-0.2, 0) is 6.42 Å². The third-order valence-corrected chi connectivity index (χ3v) is 5.30. The molecule has 2 aromatic carbocycles. The Morgan fingerprint density at radius 1 is 1.23 bits per heavy atom. The lowest BCUT2D eigenvalue weighted by atomic mass is 10.1. The molecule has 0 bridgehead atoms. The molecular weight excluding hydrogens is 444 g/mol. The van der Waals surface area contributed by atoms with Crippen molar-refractivity contribution in [3.8, 4) is 11.8 Å². The van der Waals surface area contributed by atoms with E-state index < -0.39 is 0 Å². The lowest BCUT2D eigenvalue weighted by Crippen LogP contribution is -2.25. The minimum absolute atomic E-state index is 0.169. The maximum atomic E-state index is 12.4. The number of anilines is 1. The smallest absolute Gasteiger partial charge is 0.267 e. The van der Waals surface area contributed by atoms with Crippen LogP contribution in [0.2, 0.25) is 0 Å². The summed E-state index contributed by atoms with van der Waals surface area (Å²) in [6.45, 7) is 0.459. The van der Waals surface area contributed by atoms with Crippen molar-refractivity contribution in [1.82, 2.24) is 20.1 Å². The number of aryl methyl sites for hydroxylation is 1. The molecule has 1 amide bonds. The first-order chi connectivity index (χ1) is 14.6. The van der Waals surface area contributed by atoms with Gasteiger partial charge in [0.05, 0.1) is 11.4 Å². The van der Waals surface area contributed by atoms with Gasteiger partial charge in [-0.2, -0.15) is 10.4 Å². The molecule has 0 aliphatic heterocycles. The van der Waals surface area contributed by atoms with Crippen molar-refractivity contribution in [1.29, 1.82) is 5.26 Å². The number of aromatic nitrogens is 3. The number of nitriles is 1. The molecule has 0 atom stereocenters. The topological polar surface area (TPSA) is 113 Å². The highest BCUT2D eigenvalue weighted by molar-refractivity contribution is 9.10. The van der Waals surface area contributed by atoms with E-state index in [1.165, 1.54) is 0 Å². The Morgan fingerprint density at radius 3 is 2.80 bits per heavy atom. The Labute approximate surface area is 181 Å². The monoisotopic (exact) mass is 462 g/mol. The Hall–Kier alpha value is -3.57. The molecule has 0 saturated carbocycles. The average Bonchev–Trinajstić information content (AvgIpc) is 3.32. The molecule has 8 heteroatoms. The van der Waals surface area contributed by atoms with Crippen molar-refractivity contribution < 1.29 is 4.79 Å². The SMILES string of the molecule is N#Cc1c(CCCNC(=O)c2cc3cc(Br)ccc3[nH]2)nn(-c2ccccc2)c1N. The lowest BCUT2D eigenvalue weighted by Gasteiger charge is -2.03. The Morgan fingerprint density at radius 2 is 2.03 bits per heavy atom. The van der Waals surface area contributed by atoms with E-state index in [1.807, 2.05) is 54.6 Å². The zero-order valence-corrected chi connectivity index (χ0v) is 17.6. The second-order valence-corrected chi connectivity index (χ2v) is 7.76. The third kappa shape index (κ3) is 3.93. The fraction of sp³-hybridized carbons (Fsp3) is 0.136. The second kappa shape index (κ2) is 8.43. The van der Waals surface area contributed by atoms with Crippen LogP contribution in [0, 0.1) is 11.3 Å². The minimum atomic E-state index is -0.169. The fourth-order valence-electron chi connectivity index (χ4n) is 3.32. The molecule has 7 nitrogen and oxygen atoms in total. The van der Waals surface area contributed by atoms with E-state index in [1.54, 1.807) is 4.68 Å². The van der Waals surface area contributed by atoms with Crippen LogP contribution in [0.4, 0.5) is 5.82 Å². The summed E-state index contributed by atoms with van der Waals surface area (Å²) in [6, 6.07) is 19.2. The van der Waals surface area contributed by atoms with Gasteiger partial charge in [0.15, 0.2) is 0 Å². The predicted octanol–water partition coefficient (Wildman–Crippen LogP) is 3.93. The summed E-state index contributed by atoms with van der Waals surface area (Å²) in [4.78, 5) is 15.6. The Balaban J connectivity index is 1.39. The molecule has 4 N–H and O–H groups in total. The van der Waals surface area contributed by atoms with Gasteiger partial charge in [-0.3, -0.25) is 4.79 Å². The van der Waals surface area contributed by atoms with Gasteiger partial charge >= 0.3 is 0 Å². The number of nitrogens with one attached hydrogen (secondary N) is 2. The number of carbonyl (C=O) groups excluding carboxylic acids is 1. The number of halogens is 1. The van der Waals surface area contributed by atoms with Gasteiger partial charge in [0.25, 0.3) is 5.91 Å². The quantitative estimate of drug-likeness (QED) is 0.376. The number of H-pyrrole nitrogens is 1. The largest absolute Gasteiger partial charge is 0.382 e. The first kappa shape index (κ1) is 19.7. The van der Waals surface area contributed by atoms with Crippen molar-refractivity contribution in [2.75, 3.05) is 12.3 Å². The molecule has 0 aliphatic carbocycles. The van der Waals surface area contributed by atoms with E-state index >= 15 is 0 Å². The van der Waals surface area contributed by atoms with Gasteiger partial charge in [0, 0.05) is 21.9 Å². The summed E-state index contributed by atoms with van der Waals surface area (Å²) in [5, 5.41) is 17.9. The van der Waals surface area contributed by atoms with E-state index in [0.29, 0.717) is 42.2 Å². The summed E-state index contributed by atoms with van der Waals surface area (Å²) in [5.41, 5.74) is 9.35. The maximum Gasteiger partial charge on any atom is 0.267 e. The van der Waals surface area contributed by atoms with Crippen LogP contribution in [-0.4, -0.2) is 27.2 Å². The maximum absolute atomic E-state index is 12.4. The number of nitrogens with zero attached hydrogens (tertiary/aromatic N) is 3. The summed E-state index contributed by atoms with van der Waals surface area (Å²) in [5.74, 6) is 0.157. The van der Waals surface area contributed by atoms with Crippen LogP contribution < -0.4 is 11.1 Å². The molecule has 0 saturated heterocycles. The van der Waals surface area contributed by atoms with Crippen LogP contribution in [0.25, 0.3) is 16.6 Å². The zero-order valence-electron chi connectivity index (χ0n) is 16.0. The molecule has 4 aromatic rings. The molecule has 0 spiro atoms. The minimum Gasteiger partial charge on any atom is -0.382 e. The van der Waals surface area contributed by atoms with Gasteiger partial charge in [0.2, 0.25) is 0 Å². The molecule has 0 radical (unpaired) electrons. The Bertz CT molecular complexity index is 1250. The highest BCUT2D eigenvalue weighted by atomic mass is 79.9. The number of amides is 1. The van der Waals surface area contributed by atoms with Gasteiger partial charge < -0.3 is 16.0 Å². The highest BCUT2D eigenvalue weighted by Gasteiger charge is 2.16. The van der Waals surface area contributed by atoms with Crippen LogP contribution in [0.5, 0.6) is 0 Å². The molecule has 30 heavy (non-hydrogen) atoms. The van der Waals surface area contributed by atoms with E-state index in [0.717, 1.165) is 21.1 Å². The molecule has 0 unspecified atom stereocenters. The van der Waals surface area contributed by atoms with Crippen LogP contribution in [0.1, 0.15) is 28.2 Å². The fourth-order valence-corrected chi connectivity index (χ4v) is 3.70. The third-order valence-electron chi connectivity index (χ3n) is 4.81. The van der Waals surface area contributed by atoms with Gasteiger partial charge in [-0.1, -0.05) is 34.1 Å². The first-order valence-corrected chi connectivity index (χ1v) is 10.3. The van der Waals surface area contributed by atoms with Gasteiger partial charge in [-0.15, -0.1) is 0 Å². The normalized spacial score (nSPS) is 10.8. The van der Waals surface area contributed by atoms with E-state index in [9.17, 15) is 10.1 Å². The molecule has 0 aliphatic rings. The molecule has 4 rings (SSSR count). The number of nitrogens with two attached hydrogens (primary N) is 1. The number of aromatic amines is 1. The van der Waals surface area contributed by atoms with Crippen molar-refractivity contribution in [2.24, 2.45) is 0 Å². The number of carbonyl (C=O) groups is 1. The first-order valence-electron chi connectivity index (χ1n) is 9.46. The number of benzene rings is 2. The molecule has 0 fully saturated rings. The molecule has 2 aromatic heterocycles. The Kier molecular flexibility index (Phi) is 5.55. The summed E-state index contributed by atoms with van der Waals surface area (Å²) < 4.78 is 2.54. The molecular formula is C22H19BrN6O. The van der Waals surface area contributed by atoms with Crippen molar-refractivity contribution >= 4 is 38.6 Å². The average molecular weight is 463 g/mol. The van der Waals surface area contributed by atoms with E-state index in [-0.39, 0.29) is 5.91 Å². The van der Waals surface area contributed by atoms with Crippen molar-refractivity contribution in [3.05, 3.63) is 76.0 Å². The van der Waals surface area contributed by atoms with E-state index in [4.69, 9.17) is 5.73 Å². The number of rotatable bonds is 6. The van der Waals surface area contributed by atoms with Crippen LogP contribution in [0.3, 0.4) is 0 Å². The number of fused-ring (bicyclic) bond motifs is 1. The molecule has 2 heterocycles. The summed E-state index contributed by atoms with van der Waals surface area (Å²) >= 11 is 3.43. The van der Waals surface area contributed by atoms with Crippen molar-refractivity contribution in [3.63, 3.8) is 0 Å². The lowest BCUT2D eigenvalue weighted by molar-refractivity contribution is 0.0949. The highest BCUT2D eigenvalue weighted by Crippen LogP contribution is 2.22. The van der Waals surface area contributed by atoms with Gasteiger partial charge in [-0.05, 0) is 49.2 Å². The number of nitrogen functional groups attached to an aromatic ring is 1. The van der Waals surface area contributed by atoms with E-state index in [2.05, 4.69) is 37.4 Å². The number of hydrogen-bond acceptors (Lipinski definition) is 4. The predicted molar refractivity (Wildman–Crippen MR) is 119 cm³/mol. The number of para-hydroxylation sites is 1. The van der Waals surface area contributed by atoms with Gasteiger partial charge in [-0.25, -0.2) is 4.68 Å². The summed E-state index contributed by atoms with van der Waals surface area (Å²) in [6.07, 6.45) is 1.17. The molecule has 150 valence electrons.